The predicted molar refractivity (Wildman–Crippen MR) is 246 cm³/mol. The lowest BCUT2D eigenvalue weighted by Crippen LogP contribution is -2.60. The van der Waals surface area contributed by atoms with E-state index in [0.29, 0.717) is 63.4 Å². The summed E-state index contributed by atoms with van der Waals surface area (Å²) in [7, 11) is 3.05. The number of aliphatic hydroxyl groups excluding tert-OH is 4. The number of hydrogen-bond donors (Lipinski definition) is 5. The predicted octanol–water partition coefficient (Wildman–Crippen LogP) is 6.39. The molecule has 1 amide bonds. The molecule has 0 spiro atoms. The molecular weight excluding hydrogens is 819 g/mol. The van der Waals surface area contributed by atoms with E-state index in [2.05, 4.69) is 32.1 Å². The summed E-state index contributed by atoms with van der Waals surface area (Å²) in [5.41, 5.74) is 1.50. The van der Waals surface area contributed by atoms with Crippen LogP contribution in [-0.2, 0) is 33.3 Å². The van der Waals surface area contributed by atoms with Gasteiger partial charge in [0.25, 0.3) is 11.7 Å². The minimum Gasteiger partial charge on any atom is -0.460 e. The molecule has 17 atom stereocenters. The normalized spacial score (nSPS) is 42.6. The van der Waals surface area contributed by atoms with E-state index in [1.807, 2.05) is 39.8 Å². The molecule has 364 valence electrons. The number of ketones is 1. The summed E-state index contributed by atoms with van der Waals surface area (Å²) in [5, 5.41) is 57.1. The molecule has 4 rings (SSSR count). The number of aliphatic hydroxyl groups is 5. The minimum atomic E-state index is -2.36. The maximum absolute atomic E-state index is 14.4. The lowest BCUT2D eigenvalue weighted by atomic mass is 9.78. The van der Waals surface area contributed by atoms with Gasteiger partial charge in [-0.15, -0.1) is 0 Å². The van der Waals surface area contributed by atoms with Crippen LogP contribution in [0.3, 0.4) is 0 Å². The SMILES string of the molecule is CO[C@@H]1CC(C[C@@H](C)[C@@H]2CC(O)[C@H](C)/C=C(\C)[C@@H](O)[C@@H](OC)C(O)[C@H](C)C[C@H](C)/C=C/C(C)C=C/C(C)=C/CC3CC[C@@H](C)[C@@](O)(O3)C(=O)C(=O)N3CCCCC3C(=O)O2)CC[C@@H]1O. The molecular formula is C51H83NO12. The summed E-state index contributed by atoms with van der Waals surface area (Å²) < 4.78 is 23.7. The highest BCUT2D eigenvalue weighted by molar-refractivity contribution is 6.39. The number of allylic oxidation sites excluding steroid dienone is 5. The second-order valence-electron chi connectivity index (χ2n) is 20.1. The molecule has 64 heavy (non-hydrogen) atoms. The number of hydrogen-bond acceptors (Lipinski definition) is 12. The molecule has 2 saturated heterocycles. The second kappa shape index (κ2) is 24.9. The van der Waals surface area contributed by atoms with Gasteiger partial charge in [0.2, 0.25) is 5.79 Å². The fraction of sp³-hybridized carbons (Fsp3) is 0.784. The van der Waals surface area contributed by atoms with Crippen molar-refractivity contribution in [2.24, 2.45) is 41.4 Å². The third-order valence-corrected chi connectivity index (χ3v) is 14.7. The van der Waals surface area contributed by atoms with Crippen LogP contribution in [0, 0.1) is 41.4 Å². The fourth-order valence-corrected chi connectivity index (χ4v) is 10.2. The monoisotopic (exact) mass is 902 g/mol. The zero-order chi connectivity index (χ0) is 47.5. The van der Waals surface area contributed by atoms with Gasteiger partial charge in [-0.25, -0.2) is 4.79 Å². The number of rotatable bonds is 5. The summed E-state index contributed by atoms with van der Waals surface area (Å²) in [5.74, 6) is -6.34. The van der Waals surface area contributed by atoms with Gasteiger partial charge in [-0.1, -0.05) is 83.6 Å². The Morgan fingerprint density at radius 1 is 0.859 bits per heavy atom. The van der Waals surface area contributed by atoms with E-state index in [-0.39, 0.29) is 55.1 Å². The van der Waals surface area contributed by atoms with Crippen LogP contribution in [-0.4, -0.2) is 130 Å². The van der Waals surface area contributed by atoms with Crippen LogP contribution < -0.4 is 0 Å². The van der Waals surface area contributed by atoms with Crippen LogP contribution >= 0.6 is 0 Å². The van der Waals surface area contributed by atoms with Crippen molar-refractivity contribution in [2.45, 2.75) is 193 Å². The molecule has 13 nitrogen and oxygen atoms in total. The van der Waals surface area contributed by atoms with Crippen LogP contribution in [0.4, 0.5) is 0 Å². The number of carbonyl (C=O) groups excluding carboxylic acids is 3. The maximum atomic E-state index is 14.4. The summed E-state index contributed by atoms with van der Waals surface area (Å²) in [6.07, 6.45) is 12.1. The molecule has 3 fully saturated rings. The number of amides is 1. The molecule has 0 aromatic rings. The lowest BCUT2D eigenvalue weighted by molar-refractivity contribution is -0.262. The Bertz CT molecular complexity index is 1640. The number of nitrogens with zero attached hydrogens (tertiary/aromatic N) is 1. The molecule has 3 heterocycles. The quantitative estimate of drug-likeness (QED) is 0.116. The molecule has 5 N–H and O–H groups in total. The third-order valence-electron chi connectivity index (χ3n) is 14.7. The first kappa shape index (κ1) is 53.9. The first-order chi connectivity index (χ1) is 30.2. The van der Waals surface area contributed by atoms with Gasteiger partial charge in [0.05, 0.1) is 30.5 Å². The number of fused-ring (bicyclic) bond motifs is 3. The number of piperidine rings is 1. The summed E-state index contributed by atoms with van der Waals surface area (Å²) in [6, 6.07) is -1.08. The number of carbonyl (C=O) groups is 3. The van der Waals surface area contributed by atoms with Crippen LogP contribution in [0.15, 0.2) is 47.6 Å². The standard InChI is InChI=1S/C51H83NO12/c1-30-14-15-31(2)18-21-39-22-19-37(8)51(60,64-39)48(57)49(58)52-24-12-11-13-40(52)50(59)63-43(34(5)27-38-20-23-41(53)44(28-38)61-9)29-42(54)33(4)26-36(7)46(56)47(62-10)45(55)35(6)25-32(3)17-16-30/h14-18,26,30,32-35,37-47,53-56,60H,11-13,19-25,27-29H2,1-10H3/b15-14?,17-16+,31-18+,36-26+/t30?,32-,33-,34-,35-,37-,38?,39?,40?,41+,42?,43+,44-,45?,46-,47+,51-/m1/s1. The summed E-state index contributed by atoms with van der Waals surface area (Å²) in [4.78, 5) is 43.9. The Balaban J connectivity index is 1.68. The molecule has 0 aromatic heterocycles. The maximum Gasteiger partial charge on any atom is 0.329 e. The third kappa shape index (κ3) is 14.4. The average molecular weight is 902 g/mol. The second-order valence-corrected chi connectivity index (χ2v) is 20.1. The molecule has 3 aliphatic heterocycles. The van der Waals surface area contributed by atoms with Gasteiger partial charge in [-0.05, 0) is 120 Å². The molecule has 0 aromatic carbocycles. The number of ether oxygens (including phenoxy) is 4. The highest BCUT2D eigenvalue weighted by Crippen LogP contribution is 2.37. The van der Waals surface area contributed by atoms with Gasteiger partial charge in [-0.3, -0.25) is 9.59 Å². The first-order valence-electron chi connectivity index (χ1n) is 24.2. The van der Waals surface area contributed by atoms with Gasteiger partial charge in [0.1, 0.15) is 24.4 Å². The van der Waals surface area contributed by atoms with Gasteiger partial charge < -0.3 is 49.4 Å². The molecule has 4 aliphatic rings. The molecule has 1 aliphatic carbocycles. The first-order valence-corrected chi connectivity index (χ1v) is 24.2. The zero-order valence-corrected chi connectivity index (χ0v) is 40.4. The Morgan fingerprint density at radius 3 is 2.27 bits per heavy atom. The molecule has 0 radical (unpaired) electrons. The topological polar surface area (TPSA) is 193 Å². The molecule has 6 unspecified atom stereocenters. The van der Waals surface area contributed by atoms with Crippen LogP contribution in [0.1, 0.15) is 132 Å². The average Bonchev–Trinajstić information content (AvgIpc) is 3.27. The van der Waals surface area contributed by atoms with Crippen molar-refractivity contribution >= 4 is 17.7 Å². The van der Waals surface area contributed by atoms with E-state index in [1.165, 1.54) is 12.0 Å². The minimum absolute atomic E-state index is 0.0456. The van der Waals surface area contributed by atoms with Crippen molar-refractivity contribution < 1.29 is 58.9 Å². The van der Waals surface area contributed by atoms with Crippen molar-refractivity contribution in [2.75, 3.05) is 20.8 Å². The van der Waals surface area contributed by atoms with Crippen molar-refractivity contribution in [1.82, 2.24) is 4.90 Å². The van der Waals surface area contributed by atoms with Crippen molar-refractivity contribution in [3.05, 3.63) is 47.6 Å². The molecule has 1 saturated carbocycles. The van der Waals surface area contributed by atoms with Crippen molar-refractivity contribution in [3.8, 4) is 0 Å². The van der Waals surface area contributed by atoms with Gasteiger partial charge in [0.15, 0.2) is 0 Å². The lowest BCUT2D eigenvalue weighted by Gasteiger charge is -2.42. The van der Waals surface area contributed by atoms with Crippen LogP contribution in [0.25, 0.3) is 0 Å². The molecule has 13 heteroatoms. The fourth-order valence-electron chi connectivity index (χ4n) is 10.2. The number of methoxy groups -OCH3 is 2. The van der Waals surface area contributed by atoms with E-state index >= 15 is 0 Å². The van der Waals surface area contributed by atoms with Crippen molar-refractivity contribution in [3.63, 3.8) is 0 Å². The number of esters is 1. The Morgan fingerprint density at radius 2 is 1.58 bits per heavy atom. The van der Waals surface area contributed by atoms with Gasteiger partial charge in [0, 0.05) is 39.0 Å². The van der Waals surface area contributed by atoms with E-state index in [4.69, 9.17) is 18.9 Å². The highest BCUT2D eigenvalue weighted by Gasteiger charge is 2.52. The Labute approximate surface area is 383 Å². The Kier molecular flexibility index (Phi) is 20.9. The largest absolute Gasteiger partial charge is 0.460 e. The number of Topliss-reactive ketones (excluding diaryl/α,β-unsaturated/α-hetero) is 1. The summed E-state index contributed by atoms with van der Waals surface area (Å²) >= 11 is 0. The van der Waals surface area contributed by atoms with E-state index in [0.717, 1.165) is 12.0 Å². The van der Waals surface area contributed by atoms with Gasteiger partial charge >= 0.3 is 5.97 Å². The van der Waals surface area contributed by atoms with Crippen molar-refractivity contribution in [1.29, 1.82) is 0 Å². The molecule has 2 bridgehead atoms. The van der Waals surface area contributed by atoms with E-state index in [9.17, 15) is 39.9 Å². The summed E-state index contributed by atoms with van der Waals surface area (Å²) in [6.45, 7) is 15.4. The Hall–Kier alpha value is -2.75. The number of cyclic esters (lactones) is 1. The van der Waals surface area contributed by atoms with Crippen LogP contribution in [0.5, 0.6) is 0 Å². The van der Waals surface area contributed by atoms with E-state index < -0.39 is 84.1 Å². The van der Waals surface area contributed by atoms with E-state index in [1.54, 1.807) is 27.0 Å². The smallest absolute Gasteiger partial charge is 0.329 e. The highest BCUT2D eigenvalue weighted by atomic mass is 16.6. The van der Waals surface area contributed by atoms with Crippen LogP contribution in [0.2, 0.25) is 0 Å². The zero-order valence-electron chi connectivity index (χ0n) is 40.4. The van der Waals surface area contributed by atoms with Gasteiger partial charge in [-0.2, -0.15) is 0 Å².